The lowest BCUT2D eigenvalue weighted by Crippen LogP contribution is -2.21. The number of nitrogens with one attached hydrogen (secondary N) is 2. The van der Waals surface area contributed by atoms with Crippen molar-refractivity contribution in [1.29, 1.82) is 0 Å². The average molecular weight is 208 g/mol. The molecule has 1 heterocycles. The molecular weight excluding hydrogens is 196 g/mol. The SMILES string of the molecule is COc1ccccc1C1CNC(=S)N1. The Morgan fingerprint density at radius 2 is 2.21 bits per heavy atom. The van der Waals surface area contributed by atoms with Gasteiger partial charge < -0.3 is 15.4 Å². The van der Waals surface area contributed by atoms with E-state index in [1.54, 1.807) is 7.11 Å². The van der Waals surface area contributed by atoms with E-state index in [0.29, 0.717) is 5.11 Å². The van der Waals surface area contributed by atoms with Gasteiger partial charge in [0.1, 0.15) is 5.75 Å². The molecule has 0 aliphatic carbocycles. The number of methoxy groups -OCH3 is 1. The molecule has 1 saturated heterocycles. The van der Waals surface area contributed by atoms with E-state index in [0.717, 1.165) is 17.9 Å². The number of rotatable bonds is 2. The Kier molecular flexibility index (Phi) is 2.54. The van der Waals surface area contributed by atoms with Crippen molar-refractivity contribution in [1.82, 2.24) is 10.6 Å². The van der Waals surface area contributed by atoms with Crippen LogP contribution in [0.1, 0.15) is 11.6 Å². The van der Waals surface area contributed by atoms with Gasteiger partial charge in [-0.2, -0.15) is 0 Å². The minimum absolute atomic E-state index is 0.221. The lowest BCUT2D eigenvalue weighted by Gasteiger charge is -2.13. The normalized spacial score (nSPS) is 20.1. The van der Waals surface area contributed by atoms with Gasteiger partial charge in [0.15, 0.2) is 5.11 Å². The highest BCUT2D eigenvalue weighted by Gasteiger charge is 2.21. The zero-order valence-corrected chi connectivity index (χ0v) is 8.73. The molecule has 0 spiro atoms. The Morgan fingerprint density at radius 1 is 1.43 bits per heavy atom. The second-order valence-corrected chi connectivity index (χ2v) is 3.56. The summed E-state index contributed by atoms with van der Waals surface area (Å²) in [6, 6.07) is 8.19. The molecule has 4 heteroatoms. The lowest BCUT2D eigenvalue weighted by molar-refractivity contribution is 0.405. The van der Waals surface area contributed by atoms with Gasteiger partial charge in [-0.05, 0) is 18.3 Å². The first-order valence-electron chi connectivity index (χ1n) is 4.48. The van der Waals surface area contributed by atoms with Crippen molar-refractivity contribution in [2.24, 2.45) is 0 Å². The molecule has 1 aromatic carbocycles. The van der Waals surface area contributed by atoms with Gasteiger partial charge in [0.25, 0.3) is 0 Å². The molecule has 1 aliphatic rings. The molecule has 1 aromatic rings. The van der Waals surface area contributed by atoms with Crippen LogP contribution in [0.3, 0.4) is 0 Å². The minimum atomic E-state index is 0.221. The fraction of sp³-hybridized carbons (Fsp3) is 0.300. The first kappa shape index (κ1) is 9.27. The van der Waals surface area contributed by atoms with E-state index in [-0.39, 0.29) is 6.04 Å². The number of benzene rings is 1. The van der Waals surface area contributed by atoms with E-state index in [4.69, 9.17) is 17.0 Å². The van der Waals surface area contributed by atoms with Gasteiger partial charge in [0.05, 0.1) is 13.2 Å². The quantitative estimate of drug-likeness (QED) is 0.716. The van der Waals surface area contributed by atoms with Crippen LogP contribution in [0.25, 0.3) is 0 Å². The Hall–Kier alpha value is -1.29. The second-order valence-electron chi connectivity index (χ2n) is 3.15. The van der Waals surface area contributed by atoms with E-state index in [2.05, 4.69) is 10.6 Å². The minimum Gasteiger partial charge on any atom is -0.496 e. The molecule has 0 saturated carbocycles. The molecule has 0 bridgehead atoms. The van der Waals surface area contributed by atoms with Gasteiger partial charge >= 0.3 is 0 Å². The summed E-state index contributed by atoms with van der Waals surface area (Å²) in [6.07, 6.45) is 0. The monoisotopic (exact) mass is 208 g/mol. The molecule has 14 heavy (non-hydrogen) atoms. The molecule has 0 amide bonds. The third kappa shape index (κ3) is 1.65. The van der Waals surface area contributed by atoms with Crippen LogP contribution in [-0.2, 0) is 0 Å². The molecule has 2 rings (SSSR count). The molecule has 1 fully saturated rings. The van der Waals surface area contributed by atoms with Gasteiger partial charge in [0.2, 0.25) is 0 Å². The summed E-state index contributed by atoms with van der Waals surface area (Å²) in [7, 11) is 1.68. The number of para-hydroxylation sites is 1. The molecule has 0 aromatic heterocycles. The van der Waals surface area contributed by atoms with Gasteiger partial charge in [0, 0.05) is 12.1 Å². The predicted molar refractivity (Wildman–Crippen MR) is 59.5 cm³/mol. The van der Waals surface area contributed by atoms with Crippen molar-refractivity contribution in [3.63, 3.8) is 0 Å². The summed E-state index contributed by atoms with van der Waals surface area (Å²) < 4.78 is 5.28. The number of hydrogen-bond acceptors (Lipinski definition) is 2. The van der Waals surface area contributed by atoms with Crippen molar-refractivity contribution < 1.29 is 4.74 Å². The maximum atomic E-state index is 5.28. The summed E-state index contributed by atoms with van der Waals surface area (Å²) in [5.74, 6) is 0.900. The van der Waals surface area contributed by atoms with Crippen molar-refractivity contribution in [2.45, 2.75) is 6.04 Å². The summed E-state index contributed by atoms with van der Waals surface area (Å²) in [4.78, 5) is 0. The van der Waals surface area contributed by atoms with Crippen LogP contribution < -0.4 is 15.4 Å². The molecule has 1 unspecified atom stereocenters. The summed E-state index contributed by atoms with van der Waals surface area (Å²) in [5.41, 5.74) is 1.14. The van der Waals surface area contributed by atoms with E-state index in [1.165, 1.54) is 0 Å². The van der Waals surface area contributed by atoms with E-state index < -0.39 is 0 Å². The molecule has 74 valence electrons. The van der Waals surface area contributed by atoms with Crippen LogP contribution >= 0.6 is 12.2 Å². The highest BCUT2D eigenvalue weighted by atomic mass is 32.1. The van der Waals surface area contributed by atoms with Crippen LogP contribution in [0.4, 0.5) is 0 Å². The van der Waals surface area contributed by atoms with E-state index in [9.17, 15) is 0 Å². The zero-order chi connectivity index (χ0) is 9.97. The molecule has 0 radical (unpaired) electrons. The van der Waals surface area contributed by atoms with Gasteiger partial charge in [-0.15, -0.1) is 0 Å². The maximum Gasteiger partial charge on any atom is 0.166 e. The van der Waals surface area contributed by atoms with Crippen molar-refractivity contribution in [3.05, 3.63) is 29.8 Å². The van der Waals surface area contributed by atoms with Crippen LogP contribution in [-0.4, -0.2) is 18.8 Å². The lowest BCUT2D eigenvalue weighted by atomic mass is 10.1. The second kappa shape index (κ2) is 3.84. The summed E-state index contributed by atoms with van der Waals surface area (Å²) >= 11 is 5.01. The largest absolute Gasteiger partial charge is 0.496 e. The average Bonchev–Trinajstić information content (AvgIpc) is 2.65. The summed E-state index contributed by atoms with van der Waals surface area (Å²) in [5, 5.41) is 6.98. The Labute approximate surface area is 88.5 Å². The topological polar surface area (TPSA) is 33.3 Å². The fourth-order valence-corrected chi connectivity index (χ4v) is 1.82. The van der Waals surface area contributed by atoms with Gasteiger partial charge in [-0.25, -0.2) is 0 Å². The first-order chi connectivity index (χ1) is 6.81. The molecular formula is C10H12N2OS. The number of hydrogen-bond donors (Lipinski definition) is 2. The van der Waals surface area contributed by atoms with Gasteiger partial charge in [-0.3, -0.25) is 0 Å². The smallest absolute Gasteiger partial charge is 0.166 e. The van der Waals surface area contributed by atoms with E-state index in [1.807, 2.05) is 24.3 Å². The number of ether oxygens (including phenoxy) is 1. The van der Waals surface area contributed by atoms with Crippen LogP contribution in [0.2, 0.25) is 0 Å². The van der Waals surface area contributed by atoms with Crippen molar-refractivity contribution >= 4 is 17.3 Å². The molecule has 2 N–H and O–H groups in total. The van der Waals surface area contributed by atoms with Crippen LogP contribution in [0, 0.1) is 0 Å². The molecule has 3 nitrogen and oxygen atoms in total. The van der Waals surface area contributed by atoms with Gasteiger partial charge in [-0.1, -0.05) is 18.2 Å². The molecule has 1 atom stereocenters. The fourth-order valence-electron chi connectivity index (χ4n) is 1.60. The highest BCUT2D eigenvalue weighted by molar-refractivity contribution is 7.80. The third-order valence-corrected chi connectivity index (χ3v) is 2.55. The molecule has 1 aliphatic heterocycles. The summed E-state index contributed by atoms with van der Waals surface area (Å²) in [6.45, 7) is 0.819. The third-order valence-electron chi connectivity index (χ3n) is 2.29. The first-order valence-corrected chi connectivity index (χ1v) is 4.89. The Bertz CT molecular complexity index is 354. The Morgan fingerprint density at radius 3 is 2.86 bits per heavy atom. The van der Waals surface area contributed by atoms with Crippen molar-refractivity contribution in [2.75, 3.05) is 13.7 Å². The van der Waals surface area contributed by atoms with Crippen LogP contribution in [0.5, 0.6) is 5.75 Å². The van der Waals surface area contributed by atoms with E-state index >= 15 is 0 Å². The van der Waals surface area contributed by atoms with Crippen molar-refractivity contribution in [3.8, 4) is 5.75 Å². The zero-order valence-electron chi connectivity index (χ0n) is 7.91. The standard InChI is InChI=1S/C10H12N2OS/c1-13-9-5-3-2-4-7(9)8-6-11-10(14)12-8/h2-5,8H,6H2,1H3,(H2,11,12,14). The maximum absolute atomic E-state index is 5.28. The van der Waals surface area contributed by atoms with Crippen LogP contribution in [0.15, 0.2) is 24.3 Å². The highest BCUT2D eigenvalue weighted by Crippen LogP contribution is 2.25. The predicted octanol–water partition coefficient (Wildman–Crippen LogP) is 1.21. The number of thiocarbonyl (C=S) groups is 1. The Balaban J connectivity index is 2.27.